The average Bonchev–Trinajstić information content (AvgIpc) is 2.85. The van der Waals surface area contributed by atoms with Crippen LogP contribution in [0.2, 0.25) is 10.2 Å². The maximum absolute atomic E-state index is 12.1. The third-order valence-electron chi connectivity index (χ3n) is 3.26. The molecule has 1 atom stereocenters. The Hall–Kier alpha value is -0.880. The number of hydrogen-bond donors (Lipinski definition) is 1. The van der Waals surface area contributed by atoms with Gasteiger partial charge in [0.2, 0.25) is 0 Å². The number of aromatic nitrogens is 1. The van der Waals surface area contributed by atoms with E-state index in [1.165, 1.54) is 0 Å². The second kappa shape index (κ2) is 6.92. The molecule has 0 aromatic carbocycles. The number of pyridine rings is 1. The molecule has 0 saturated carbocycles. The first-order valence-corrected chi connectivity index (χ1v) is 7.53. The van der Waals surface area contributed by atoms with E-state index in [1.54, 1.807) is 12.1 Å². The second-order valence-corrected chi connectivity index (χ2v) is 6.11. The zero-order chi connectivity index (χ0) is 15.5. The van der Waals surface area contributed by atoms with Crippen molar-refractivity contribution in [1.29, 1.82) is 0 Å². The number of amides is 1. The molecule has 2 rings (SSSR count). The van der Waals surface area contributed by atoms with E-state index in [1.807, 2.05) is 13.8 Å². The zero-order valence-electron chi connectivity index (χ0n) is 12.0. The molecule has 2 heterocycles. The van der Waals surface area contributed by atoms with Crippen molar-refractivity contribution in [3.05, 3.63) is 28.0 Å². The molecule has 0 spiro atoms. The van der Waals surface area contributed by atoms with E-state index in [9.17, 15) is 4.79 Å². The van der Waals surface area contributed by atoms with Crippen molar-refractivity contribution in [3.63, 3.8) is 0 Å². The number of carbonyl (C=O) groups excluding carboxylic acids is 1. The molecule has 1 fully saturated rings. The fourth-order valence-corrected chi connectivity index (χ4v) is 2.65. The highest BCUT2D eigenvalue weighted by Crippen LogP contribution is 2.26. The van der Waals surface area contributed by atoms with Crippen molar-refractivity contribution >= 4 is 29.1 Å². The summed E-state index contributed by atoms with van der Waals surface area (Å²) in [5, 5.41) is 3.31. The molecule has 0 bridgehead atoms. The molecule has 0 unspecified atom stereocenters. The van der Waals surface area contributed by atoms with E-state index >= 15 is 0 Å². The van der Waals surface area contributed by atoms with Crippen molar-refractivity contribution in [1.82, 2.24) is 10.3 Å². The normalized spacial score (nSPS) is 18.5. The Bertz CT molecular complexity index is 519. The number of halogens is 2. The third kappa shape index (κ3) is 4.54. The fraction of sp³-hybridized carbons (Fsp3) is 0.571. The molecular weight excluding hydrogens is 315 g/mol. The number of nitrogens with one attached hydrogen (secondary N) is 1. The highest BCUT2D eigenvalue weighted by Gasteiger charge is 2.32. The molecule has 1 aromatic rings. The Balaban J connectivity index is 1.87. The van der Waals surface area contributed by atoms with Crippen LogP contribution in [0.1, 0.15) is 30.8 Å². The van der Waals surface area contributed by atoms with Gasteiger partial charge in [0.05, 0.1) is 18.2 Å². The molecule has 1 aromatic heterocycles. The molecule has 5 nitrogen and oxygen atoms in total. The van der Waals surface area contributed by atoms with Crippen LogP contribution in [0, 0.1) is 5.92 Å². The van der Waals surface area contributed by atoms with Gasteiger partial charge in [-0.3, -0.25) is 4.79 Å². The van der Waals surface area contributed by atoms with Gasteiger partial charge >= 0.3 is 0 Å². The zero-order valence-corrected chi connectivity index (χ0v) is 13.5. The Kier molecular flexibility index (Phi) is 5.43. The second-order valence-electron chi connectivity index (χ2n) is 5.31. The van der Waals surface area contributed by atoms with Crippen molar-refractivity contribution < 1.29 is 14.3 Å². The molecule has 1 aliphatic heterocycles. The minimum Gasteiger partial charge on any atom is -0.350 e. The lowest BCUT2D eigenvalue weighted by molar-refractivity contribution is -0.153. The molecule has 1 aliphatic rings. The summed E-state index contributed by atoms with van der Waals surface area (Å²) in [5.74, 6) is -0.710. The highest BCUT2D eigenvalue weighted by molar-refractivity contribution is 6.34. The number of hydrogen-bond acceptors (Lipinski definition) is 4. The van der Waals surface area contributed by atoms with Gasteiger partial charge in [-0.25, -0.2) is 4.98 Å². The molecule has 1 N–H and O–H groups in total. The van der Waals surface area contributed by atoms with Crippen LogP contribution < -0.4 is 5.32 Å². The largest absolute Gasteiger partial charge is 0.350 e. The van der Waals surface area contributed by atoms with E-state index < -0.39 is 5.79 Å². The van der Waals surface area contributed by atoms with E-state index in [0.29, 0.717) is 26.2 Å². The van der Waals surface area contributed by atoms with Crippen molar-refractivity contribution in [2.75, 3.05) is 19.8 Å². The van der Waals surface area contributed by atoms with Crippen LogP contribution >= 0.6 is 23.2 Å². The highest BCUT2D eigenvalue weighted by atomic mass is 35.5. The van der Waals surface area contributed by atoms with Gasteiger partial charge in [0.15, 0.2) is 5.79 Å². The Labute approximate surface area is 133 Å². The lowest BCUT2D eigenvalue weighted by Crippen LogP contribution is -2.34. The van der Waals surface area contributed by atoms with Gasteiger partial charge in [0, 0.05) is 13.0 Å². The summed E-state index contributed by atoms with van der Waals surface area (Å²) in [7, 11) is 0. The van der Waals surface area contributed by atoms with Gasteiger partial charge < -0.3 is 14.8 Å². The van der Waals surface area contributed by atoms with Gasteiger partial charge in [-0.1, -0.05) is 30.1 Å². The van der Waals surface area contributed by atoms with Gasteiger partial charge in [0.1, 0.15) is 10.8 Å². The van der Waals surface area contributed by atoms with Gasteiger partial charge in [0.25, 0.3) is 5.91 Å². The SMILES string of the molecule is C[C@H](CNC(=O)c1nc(Cl)ccc1Cl)CC1(C)OCCO1. The van der Waals surface area contributed by atoms with Crippen LogP contribution in [0.5, 0.6) is 0 Å². The molecule has 0 aliphatic carbocycles. The first-order valence-electron chi connectivity index (χ1n) is 6.78. The van der Waals surface area contributed by atoms with E-state index in [-0.39, 0.29) is 27.7 Å². The quantitative estimate of drug-likeness (QED) is 0.842. The molecule has 116 valence electrons. The Morgan fingerprint density at radius 1 is 1.43 bits per heavy atom. The third-order valence-corrected chi connectivity index (χ3v) is 3.77. The molecule has 7 heteroatoms. The number of nitrogens with zero attached hydrogens (tertiary/aromatic N) is 1. The predicted octanol–water partition coefficient (Wildman–Crippen LogP) is 2.91. The fourth-order valence-electron chi connectivity index (χ4n) is 2.31. The van der Waals surface area contributed by atoms with Gasteiger partial charge in [-0.2, -0.15) is 0 Å². The number of ether oxygens (including phenoxy) is 2. The van der Waals surface area contributed by atoms with Gasteiger partial charge in [-0.05, 0) is 25.0 Å². The standard InChI is InChI=1S/C14H18Cl2N2O3/c1-9(7-14(2)20-5-6-21-14)8-17-13(19)12-10(15)3-4-11(16)18-12/h3-4,9H,5-8H2,1-2H3,(H,17,19)/t9-/m0/s1. The summed E-state index contributed by atoms with van der Waals surface area (Å²) in [5.41, 5.74) is 0.135. The smallest absolute Gasteiger partial charge is 0.271 e. The molecule has 0 radical (unpaired) electrons. The summed E-state index contributed by atoms with van der Waals surface area (Å²) < 4.78 is 11.1. The van der Waals surface area contributed by atoms with Crippen molar-refractivity contribution in [2.24, 2.45) is 5.92 Å². The summed E-state index contributed by atoms with van der Waals surface area (Å²) in [6.45, 7) is 5.62. The minimum absolute atomic E-state index is 0.135. The van der Waals surface area contributed by atoms with Crippen LogP contribution in [-0.4, -0.2) is 36.4 Å². The minimum atomic E-state index is -0.559. The Morgan fingerprint density at radius 3 is 2.76 bits per heavy atom. The molecule has 1 saturated heterocycles. The first-order chi connectivity index (χ1) is 9.89. The topological polar surface area (TPSA) is 60.5 Å². The van der Waals surface area contributed by atoms with E-state index in [0.717, 1.165) is 0 Å². The van der Waals surface area contributed by atoms with Crippen LogP contribution in [0.25, 0.3) is 0 Å². The van der Waals surface area contributed by atoms with Gasteiger partial charge in [-0.15, -0.1) is 0 Å². The summed E-state index contributed by atoms with van der Waals surface area (Å²) >= 11 is 11.7. The van der Waals surface area contributed by atoms with Crippen LogP contribution in [0.3, 0.4) is 0 Å². The lowest BCUT2D eigenvalue weighted by atomic mass is 10.0. The van der Waals surface area contributed by atoms with Crippen LogP contribution in [-0.2, 0) is 9.47 Å². The monoisotopic (exact) mass is 332 g/mol. The van der Waals surface area contributed by atoms with E-state index in [4.69, 9.17) is 32.7 Å². The average molecular weight is 333 g/mol. The summed E-state index contributed by atoms with van der Waals surface area (Å²) in [6.07, 6.45) is 0.698. The Morgan fingerprint density at radius 2 is 2.10 bits per heavy atom. The molecule has 1 amide bonds. The van der Waals surface area contributed by atoms with Crippen LogP contribution in [0.4, 0.5) is 0 Å². The maximum atomic E-state index is 12.1. The number of rotatable bonds is 5. The lowest BCUT2D eigenvalue weighted by Gasteiger charge is -2.26. The van der Waals surface area contributed by atoms with E-state index in [2.05, 4.69) is 10.3 Å². The predicted molar refractivity (Wildman–Crippen MR) is 80.7 cm³/mol. The van der Waals surface area contributed by atoms with Crippen LogP contribution in [0.15, 0.2) is 12.1 Å². The number of carbonyl (C=O) groups is 1. The molecule has 21 heavy (non-hydrogen) atoms. The molecular formula is C14H18Cl2N2O3. The maximum Gasteiger partial charge on any atom is 0.271 e. The summed E-state index contributed by atoms with van der Waals surface area (Å²) in [6, 6.07) is 3.09. The van der Waals surface area contributed by atoms with Crippen molar-refractivity contribution in [3.8, 4) is 0 Å². The first kappa shape index (κ1) is 16.5. The van der Waals surface area contributed by atoms with Crippen molar-refractivity contribution in [2.45, 2.75) is 26.1 Å². The summed E-state index contributed by atoms with van der Waals surface area (Å²) in [4.78, 5) is 16.0.